The van der Waals surface area contributed by atoms with Crippen LogP contribution in [0.15, 0.2) is 70.6 Å². The SMILES string of the molecule is Cc1c(Cl)cccc1N=C1NC(=O)/C(=C\c2c(C)n(Cc3ccc(Cl)cc3Cl)c3ccccc23)S1. The molecule has 0 unspecified atom stereocenters. The molecule has 176 valence electrons. The average molecular weight is 541 g/mol. The zero-order chi connectivity index (χ0) is 24.7. The molecule has 0 radical (unpaired) electrons. The van der Waals surface area contributed by atoms with Crippen molar-refractivity contribution < 1.29 is 4.79 Å². The van der Waals surface area contributed by atoms with Gasteiger partial charge in [0.15, 0.2) is 5.17 Å². The van der Waals surface area contributed by atoms with E-state index in [9.17, 15) is 4.79 Å². The highest BCUT2D eigenvalue weighted by Crippen LogP contribution is 2.35. The summed E-state index contributed by atoms with van der Waals surface area (Å²) in [5.74, 6) is -0.176. The summed E-state index contributed by atoms with van der Waals surface area (Å²) in [5, 5.41) is 6.33. The van der Waals surface area contributed by atoms with Crippen LogP contribution in [0.3, 0.4) is 0 Å². The lowest BCUT2D eigenvalue weighted by Crippen LogP contribution is -2.19. The van der Waals surface area contributed by atoms with Gasteiger partial charge >= 0.3 is 0 Å². The number of amidine groups is 1. The third kappa shape index (κ3) is 4.74. The van der Waals surface area contributed by atoms with Crippen molar-refractivity contribution in [1.82, 2.24) is 9.88 Å². The molecule has 4 aromatic rings. The first kappa shape index (κ1) is 24.0. The lowest BCUT2D eigenvalue weighted by molar-refractivity contribution is -0.115. The summed E-state index contributed by atoms with van der Waals surface area (Å²) in [6, 6.07) is 19.2. The molecule has 8 heteroatoms. The maximum atomic E-state index is 12.8. The smallest absolute Gasteiger partial charge is 0.264 e. The Kier molecular flexibility index (Phi) is 6.69. The molecule has 0 aliphatic carbocycles. The highest BCUT2D eigenvalue weighted by Gasteiger charge is 2.25. The fourth-order valence-electron chi connectivity index (χ4n) is 4.10. The Labute approximate surface area is 222 Å². The summed E-state index contributed by atoms with van der Waals surface area (Å²) in [7, 11) is 0. The van der Waals surface area contributed by atoms with E-state index in [-0.39, 0.29) is 5.91 Å². The second-order valence-corrected chi connectivity index (χ2v) is 10.5. The minimum absolute atomic E-state index is 0.176. The van der Waals surface area contributed by atoms with Crippen LogP contribution in [-0.4, -0.2) is 15.6 Å². The minimum atomic E-state index is -0.176. The molecule has 1 aliphatic rings. The zero-order valence-electron chi connectivity index (χ0n) is 18.9. The van der Waals surface area contributed by atoms with E-state index >= 15 is 0 Å². The van der Waals surface area contributed by atoms with Crippen molar-refractivity contribution in [3.63, 3.8) is 0 Å². The van der Waals surface area contributed by atoms with Gasteiger partial charge in [-0.1, -0.05) is 65.1 Å². The quantitative estimate of drug-likeness (QED) is 0.265. The van der Waals surface area contributed by atoms with Crippen molar-refractivity contribution in [3.8, 4) is 0 Å². The number of carbonyl (C=O) groups excluding carboxylic acids is 1. The van der Waals surface area contributed by atoms with Gasteiger partial charge in [0.1, 0.15) is 0 Å². The van der Waals surface area contributed by atoms with Crippen LogP contribution in [0.4, 0.5) is 5.69 Å². The Morgan fingerprint density at radius 1 is 1.00 bits per heavy atom. The third-order valence-corrected chi connectivity index (χ3v) is 7.92. The van der Waals surface area contributed by atoms with Crippen LogP contribution >= 0.6 is 46.6 Å². The van der Waals surface area contributed by atoms with Crippen LogP contribution in [0.2, 0.25) is 15.1 Å². The van der Waals surface area contributed by atoms with Crippen LogP contribution in [0.1, 0.15) is 22.4 Å². The summed E-state index contributed by atoms with van der Waals surface area (Å²) in [6.07, 6.45) is 1.94. The minimum Gasteiger partial charge on any atom is -0.340 e. The van der Waals surface area contributed by atoms with Crippen molar-refractivity contribution in [1.29, 1.82) is 0 Å². The van der Waals surface area contributed by atoms with Gasteiger partial charge in [0.05, 0.1) is 10.6 Å². The van der Waals surface area contributed by atoms with E-state index in [0.717, 1.165) is 39.0 Å². The van der Waals surface area contributed by atoms with E-state index in [1.165, 1.54) is 11.8 Å². The molecule has 1 saturated heterocycles. The van der Waals surface area contributed by atoms with Crippen molar-refractivity contribution in [2.24, 2.45) is 4.99 Å². The lowest BCUT2D eigenvalue weighted by atomic mass is 10.1. The second-order valence-electron chi connectivity index (χ2n) is 8.20. The van der Waals surface area contributed by atoms with Crippen molar-refractivity contribution >= 4 is 80.3 Å². The molecule has 5 rings (SSSR count). The second kappa shape index (κ2) is 9.75. The fourth-order valence-corrected chi connectivity index (χ4v) is 5.56. The van der Waals surface area contributed by atoms with E-state index in [0.29, 0.717) is 31.7 Å². The molecule has 1 N–H and O–H groups in total. The van der Waals surface area contributed by atoms with Gasteiger partial charge in [-0.25, -0.2) is 4.99 Å². The molecule has 3 aromatic carbocycles. The molecule has 4 nitrogen and oxygen atoms in total. The Morgan fingerprint density at radius 2 is 1.80 bits per heavy atom. The molecule has 2 heterocycles. The highest BCUT2D eigenvalue weighted by molar-refractivity contribution is 8.18. The molecule has 1 aromatic heterocycles. The number of benzene rings is 3. The first-order valence-electron chi connectivity index (χ1n) is 10.9. The summed E-state index contributed by atoms with van der Waals surface area (Å²) in [6.45, 7) is 4.55. The fraction of sp³-hybridized carbons (Fsp3) is 0.111. The predicted molar refractivity (Wildman–Crippen MR) is 149 cm³/mol. The normalized spacial score (nSPS) is 16.0. The maximum absolute atomic E-state index is 12.8. The maximum Gasteiger partial charge on any atom is 0.264 e. The van der Waals surface area contributed by atoms with Gasteiger partial charge < -0.3 is 9.88 Å². The molecule has 1 fully saturated rings. The molecule has 35 heavy (non-hydrogen) atoms. The van der Waals surface area contributed by atoms with E-state index in [1.54, 1.807) is 6.07 Å². The zero-order valence-corrected chi connectivity index (χ0v) is 22.0. The summed E-state index contributed by atoms with van der Waals surface area (Å²) in [5.41, 5.74) is 5.66. The van der Waals surface area contributed by atoms with Gasteiger partial charge in [0.25, 0.3) is 5.91 Å². The van der Waals surface area contributed by atoms with E-state index < -0.39 is 0 Å². The van der Waals surface area contributed by atoms with Crippen LogP contribution < -0.4 is 5.32 Å². The number of thioether (sulfide) groups is 1. The van der Waals surface area contributed by atoms with Gasteiger partial charge in [-0.2, -0.15) is 0 Å². The number of rotatable bonds is 4. The summed E-state index contributed by atoms with van der Waals surface area (Å²) in [4.78, 5) is 18.0. The van der Waals surface area contributed by atoms with Gasteiger partial charge in [-0.05, 0) is 73.1 Å². The highest BCUT2D eigenvalue weighted by atomic mass is 35.5. The largest absolute Gasteiger partial charge is 0.340 e. The van der Waals surface area contributed by atoms with Crippen molar-refractivity contribution in [3.05, 3.63) is 103 Å². The molecule has 0 saturated carbocycles. The Hall–Kier alpha value is -2.70. The number of aliphatic imine (C=N–C) groups is 1. The Morgan fingerprint density at radius 3 is 2.60 bits per heavy atom. The molecule has 0 bridgehead atoms. The Bertz CT molecular complexity index is 1560. The van der Waals surface area contributed by atoms with E-state index in [4.69, 9.17) is 34.8 Å². The first-order chi connectivity index (χ1) is 16.8. The molecule has 1 amide bonds. The number of nitrogens with one attached hydrogen (secondary N) is 1. The van der Waals surface area contributed by atoms with Crippen molar-refractivity contribution in [2.75, 3.05) is 0 Å². The number of nitrogens with zero attached hydrogens (tertiary/aromatic N) is 2. The molecular weight excluding hydrogens is 521 g/mol. The van der Waals surface area contributed by atoms with E-state index in [1.807, 2.05) is 55.5 Å². The number of para-hydroxylation sites is 1. The van der Waals surface area contributed by atoms with Gasteiger partial charge in [-0.3, -0.25) is 4.79 Å². The molecular formula is C27H20Cl3N3OS. The van der Waals surface area contributed by atoms with Gasteiger partial charge in [0, 0.05) is 43.8 Å². The first-order valence-corrected chi connectivity index (χ1v) is 12.8. The average Bonchev–Trinajstić information content (AvgIpc) is 3.30. The number of hydrogen-bond donors (Lipinski definition) is 1. The summed E-state index contributed by atoms with van der Waals surface area (Å²) >= 11 is 20.1. The van der Waals surface area contributed by atoms with Crippen LogP contribution in [-0.2, 0) is 11.3 Å². The topological polar surface area (TPSA) is 46.4 Å². The standard InChI is InChI=1S/C27H20Cl3N3OS/c1-15-21(29)7-5-8-23(15)31-27-32-26(34)25(35-27)13-20-16(2)33(24-9-4-3-6-19(20)24)14-17-10-11-18(28)12-22(17)30/h3-13H,14H2,1-2H3,(H,31,32,34)/b25-13+. The van der Waals surface area contributed by atoms with Crippen LogP contribution in [0.5, 0.6) is 0 Å². The van der Waals surface area contributed by atoms with Crippen LogP contribution in [0, 0.1) is 13.8 Å². The summed E-state index contributed by atoms with van der Waals surface area (Å²) < 4.78 is 2.21. The van der Waals surface area contributed by atoms with E-state index in [2.05, 4.69) is 33.9 Å². The molecule has 0 spiro atoms. The number of amides is 1. The molecule has 1 aliphatic heterocycles. The number of aromatic nitrogens is 1. The Balaban J connectivity index is 1.53. The van der Waals surface area contributed by atoms with Gasteiger partial charge in [0.2, 0.25) is 0 Å². The number of hydrogen-bond acceptors (Lipinski definition) is 3. The number of halogens is 3. The van der Waals surface area contributed by atoms with Crippen molar-refractivity contribution in [2.45, 2.75) is 20.4 Å². The monoisotopic (exact) mass is 539 g/mol. The third-order valence-electron chi connectivity index (χ3n) is 6.01. The predicted octanol–water partition coefficient (Wildman–Crippen LogP) is 8.16. The van der Waals surface area contributed by atoms with Gasteiger partial charge in [-0.15, -0.1) is 0 Å². The molecule has 0 atom stereocenters. The lowest BCUT2D eigenvalue weighted by Gasteiger charge is -2.10. The number of fused-ring (bicyclic) bond motifs is 1. The number of carbonyl (C=O) groups is 1. The van der Waals surface area contributed by atoms with Crippen LogP contribution in [0.25, 0.3) is 17.0 Å².